The number of furan rings is 1. The molecule has 3 nitrogen and oxygen atoms in total. The Morgan fingerprint density at radius 3 is 2.35 bits per heavy atom. The molecule has 4 heteroatoms. The quantitative estimate of drug-likeness (QED) is 0.634. The maximum atomic E-state index is 12.9. The topological polar surface area (TPSA) is 51.2 Å². The molecule has 0 bridgehead atoms. The van der Waals surface area contributed by atoms with Crippen LogP contribution in [-0.2, 0) is 0 Å². The van der Waals surface area contributed by atoms with E-state index in [0.29, 0.717) is 0 Å². The van der Waals surface area contributed by atoms with Crippen molar-refractivity contribution in [1.82, 2.24) is 5.43 Å². The van der Waals surface area contributed by atoms with Crippen LogP contribution in [0.3, 0.4) is 0 Å². The summed E-state index contributed by atoms with van der Waals surface area (Å²) in [4.78, 5) is 0. The number of nitrogens with two attached hydrogens (primary N) is 1. The Hall–Kier alpha value is -1.65. The molecule has 2 aromatic rings. The summed E-state index contributed by atoms with van der Waals surface area (Å²) in [5, 5.41) is 0. The number of hydrogen-bond acceptors (Lipinski definition) is 3. The minimum Gasteiger partial charge on any atom is -0.466 e. The third kappa shape index (κ3) is 2.38. The lowest BCUT2D eigenvalue weighted by molar-refractivity contribution is 0.495. The van der Waals surface area contributed by atoms with E-state index >= 15 is 0 Å². The number of benzene rings is 1. The van der Waals surface area contributed by atoms with Gasteiger partial charge in [-0.1, -0.05) is 12.1 Å². The van der Waals surface area contributed by atoms with E-state index < -0.39 is 0 Å². The van der Waals surface area contributed by atoms with Crippen molar-refractivity contribution in [1.29, 1.82) is 0 Å². The number of nitrogens with one attached hydrogen (secondary N) is 1. The van der Waals surface area contributed by atoms with Crippen molar-refractivity contribution >= 4 is 0 Å². The van der Waals surface area contributed by atoms with Crippen molar-refractivity contribution in [2.24, 2.45) is 5.84 Å². The lowest BCUT2D eigenvalue weighted by Crippen LogP contribution is -2.29. The molecular weight excluding hydrogens is 219 g/mol. The highest BCUT2D eigenvalue weighted by Crippen LogP contribution is 2.26. The van der Waals surface area contributed by atoms with Crippen LogP contribution in [0.15, 0.2) is 34.7 Å². The average molecular weight is 234 g/mol. The average Bonchev–Trinajstić information content (AvgIpc) is 2.62. The fourth-order valence-corrected chi connectivity index (χ4v) is 1.96. The van der Waals surface area contributed by atoms with Gasteiger partial charge in [-0.05, 0) is 37.6 Å². The first kappa shape index (κ1) is 11.8. The molecule has 0 fully saturated rings. The van der Waals surface area contributed by atoms with Crippen molar-refractivity contribution in [3.8, 4) is 0 Å². The Morgan fingerprint density at radius 1 is 1.24 bits per heavy atom. The number of halogens is 1. The SMILES string of the molecule is Cc1cc(C(NN)c2ccc(F)cc2)c(C)o1. The van der Waals surface area contributed by atoms with Gasteiger partial charge >= 0.3 is 0 Å². The molecule has 0 saturated carbocycles. The summed E-state index contributed by atoms with van der Waals surface area (Å²) in [7, 11) is 0. The number of hydrogen-bond donors (Lipinski definition) is 2. The van der Waals surface area contributed by atoms with E-state index in [9.17, 15) is 4.39 Å². The van der Waals surface area contributed by atoms with E-state index in [2.05, 4.69) is 5.43 Å². The maximum Gasteiger partial charge on any atom is 0.123 e. The van der Waals surface area contributed by atoms with Crippen molar-refractivity contribution in [2.75, 3.05) is 0 Å². The van der Waals surface area contributed by atoms with Crippen LogP contribution in [0.1, 0.15) is 28.7 Å². The summed E-state index contributed by atoms with van der Waals surface area (Å²) < 4.78 is 18.3. The normalized spacial score (nSPS) is 12.7. The highest BCUT2D eigenvalue weighted by molar-refractivity contribution is 5.34. The monoisotopic (exact) mass is 234 g/mol. The van der Waals surface area contributed by atoms with Gasteiger partial charge < -0.3 is 4.42 Å². The number of hydrazine groups is 1. The van der Waals surface area contributed by atoms with E-state index in [1.165, 1.54) is 12.1 Å². The van der Waals surface area contributed by atoms with Gasteiger partial charge in [0.2, 0.25) is 0 Å². The molecule has 1 aromatic heterocycles. The van der Waals surface area contributed by atoms with Crippen LogP contribution in [0.25, 0.3) is 0 Å². The smallest absolute Gasteiger partial charge is 0.123 e. The first-order valence-corrected chi connectivity index (χ1v) is 5.40. The first-order valence-electron chi connectivity index (χ1n) is 5.40. The molecule has 1 aromatic carbocycles. The van der Waals surface area contributed by atoms with Crippen LogP contribution in [0.5, 0.6) is 0 Å². The molecule has 0 aliphatic carbocycles. The second-order valence-electron chi connectivity index (χ2n) is 4.02. The van der Waals surface area contributed by atoms with Gasteiger partial charge in [-0.25, -0.2) is 9.82 Å². The molecule has 1 heterocycles. The molecule has 0 aliphatic heterocycles. The molecule has 1 unspecified atom stereocenters. The molecule has 0 radical (unpaired) electrons. The van der Waals surface area contributed by atoms with Crippen LogP contribution in [0, 0.1) is 19.7 Å². The predicted octanol–water partition coefficient (Wildman–Crippen LogP) is 2.59. The summed E-state index contributed by atoms with van der Waals surface area (Å²) in [5.74, 6) is 6.96. The molecular formula is C13H15FN2O. The largest absolute Gasteiger partial charge is 0.466 e. The Labute approximate surface area is 99.4 Å². The van der Waals surface area contributed by atoms with Crippen molar-refractivity contribution < 1.29 is 8.81 Å². The minimum absolute atomic E-state index is 0.187. The zero-order valence-corrected chi connectivity index (χ0v) is 9.83. The molecule has 90 valence electrons. The Kier molecular flexibility index (Phi) is 3.26. The maximum absolute atomic E-state index is 12.9. The summed E-state index contributed by atoms with van der Waals surface area (Å²) in [6, 6.07) is 8.00. The van der Waals surface area contributed by atoms with Crippen molar-refractivity contribution in [3.05, 3.63) is 58.8 Å². The predicted molar refractivity (Wildman–Crippen MR) is 63.7 cm³/mol. The Bertz CT molecular complexity index is 505. The van der Waals surface area contributed by atoms with Crippen molar-refractivity contribution in [2.45, 2.75) is 19.9 Å². The van der Waals surface area contributed by atoms with Gasteiger partial charge in [-0.3, -0.25) is 5.84 Å². The van der Waals surface area contributed by atoms with Crippen LogP contribution < -0.4 is 11.3 Å². The summed E-state index contributed by atoms with van der Waals surface area (Å²) in [6.45, 7) is 3.77. The van der Waals surface area contributed by atoms with Gasteiger partial charge in [0, 0.05) is 5.56 Å². The fraction of sp³-hybridized carbons (Fsp3) is 0.231. The lowest BCUT2D eigenvalue weighted by atomic mass is 9.99. The molecule has 0 spiro atoms. The Morgan fingerprint density at radius 2 is 1.88 bits per heavy atom. The van der Waals surface area contributed by atoms with Crippen LogP contribution in [0.4, 0.5) is 4.39 Å². The zero-order valence-electron chi connectivity index (χ0n) is 9.83. The standard InChI is InChI=1S/C13H15FN2O/c1-8-7-12(9(2)17-8)13(16-15)10-3-5-11(14)6-4-10/h3-7,13,16H,15H2,1-2H3. The third-order valence-corrected chi connectivity index (χ3v) is 2.76. The van der Waals surface area contributed by atoms with E-state index in [4.69, 9.17) is 10.3 Å². The number of aryl methyl sites for hydroxylation is 2. The van der Waals surface area contributed by atoms with Crippen LogP contribution in [0.2, 0.25) is 0 Å². The van der Waals surface area contributed by atoms with Gasteiger partial charge in [-0.2, -0.15) is 0 Å². The third-order valence-electron chi connectivity index (χ3n) is 2.76. The van der Waals surface area contributed by atoms with Gasteiger partial charge in [0.05, 0.1) is 6.04 Å². The minimum atomic E-state index is -0.260. The molecule has 3 N–H and O–H groups in total. The van der Waals surface area contributed by atoms with Gasteiger partial charge in [0.15, 0.2) is 0 Å². The first-order chi connectivity index (χ1) is 8.11. The lowest BCUT2D eigenvalue weighted by Gasteiger charge is -2.15. The van der Waals surface area contributed by atoms with E-state index in [0.717, 1.165) is 22.6 Å². The fourth-order valence-electron chi connectivity index (χ4n) is 1.96. The van der Waals surface area contributed by atoms with Crippen LogP contribution in [-0.4, -0.2) is 0 Å². The zero-order chi connectivity index (χ0) is 12.4. The summed E-state index contributed by atoms with van der Waals surface area (Å²) >= 11 is 0. The molecule has 0 aliphatic rings. The van der Waals surface area contributed by atoms with Crippen LogP contribution >= 0.6 is 0 Å². The van der Waals surface area contributed by atoms with E-state index in [1.807, 2.05) is 19.9 Å². The van der Waals surface area contributed by atoms with Gasteiger partial charge in [-0.15, -0.1) is 0 Å². The van der Waals surface area contributed by atoms with E-state index in [1.54, 1.807) is 12.1 Å². The summed E-state index contributed by atoms with van der Waals surface area (Å²) in [6.07, 6.45) is 0. The number of rotatable bonds is 3. The summed E-state index contributed by atoms with van der Waals surface area (Å²) in [5.41, 5.74) is 4.60. The van der Waals surface area contributed by atoms with Gasteiger partial charge in [0.1, 0.15) is 17.3 Å². The second-order valence-corrected chi connectivity index (χ2v) is 4.02. The molecule has 1 atom stereocenters. The van der Waals surface area contributed by atoms with Crippen molar-refractivity contribution in [3.63, 3.8) is 0 Å². The molecule has 17 heavy (non-hydrogen) atoms. The van der Waals surface area contributed by atoms with Gasteiger partial charge in [0.25, 0.3) is 0 Å². The highest BCUT2D eigenvalue weighted by atomic mass is 19.1. The molecule has 0 amide bonds. The molecule has 2 rings (SSSR count). The Balaban J connectivity index is 2.39. The highest BCUT2D eigenvalue weighted by Gasteiger charge is 2.17. The molecule has 0 saturated heterocycles. The van der Waals surface area contributed by atoms with E-state index in [-0.39, 0.29) is 11.9 Å². The second kappa shape index (κ2) is 4.69.